The van der Waals surface area contributed by atoms with Gasteiger partial charge in [0.1, 0.15) is 0 Å². The maximum atomic E-state index is 12.0. The van der Waals surface area contributed by atoms with Gasteiger partial charge in [-0.1, -0.05) is 0 Å². The summed E-state index contributed by atoms with van der Waals surface area (Å²) < 4.78 is 27.8. The normalized spacial score (nSPS) is 21.7. The number of hydrogen-bond acceptors (Lipinski definition) is 4. The molecule has 1 unspecified atom stereocenters. The molecule has 1 rings (SSSR count). The van der Waals surface area contributed by atoms with Gasteiger partial charge in [-0.3, -0.25) is 4.79 Å². The van der Waals surface area contributed by atoms with E-state index in [9.17, 15) is 13.2 Å². The summed E-state index contributed by atoms with van der Waals surface area (Å²) in [6, 6.07) is -0.210. The first kappa shape index (κ1) is 15.4. The van der Waals surface area contributed by atoms with Gasteiger partial charge < -0.3 is 10.6 Å². The Hall–Kier alpha value is -0.700. The number of likely N-dealkylation sites (tertiary alicyclic amines) is 1. The molecule has 1 aliphatic rings. The molecule has 1 heterocycles. The van der Waals surface area contributed by atoms with Crippen LogP contribution in [0, 0.1) is 0 Å². The van der Waals surface area contributed by atoms with E-state index in [0.717, 1.165) is 0 Å². The fraction of sp³-hybridized carbons (Fsp3) is 0.900. The predicted molar refractivity (Wildman–Crippen MR) is 69.0 cm³/mol. The summed E-state index contributed by atoms with van der Waals surface area (Å²) in [6.07, 6.45) is 1.56. The van der Waals surface area contributed by atoms with Gasteiger partial charge in [0.15, 0.2) is 0 Å². The first-order valence-electron chi connectivity index (χ1n) is 6.04. The minimum absolute atomic E-state index is 0.0573. The molecule has 7 nitrogen and oxygen atoms in total. The highest BCUT2D eigenvalue weighted by Gasteiger charge is 2.28. The van der Waals surface area contributed by atoms with Crippen molar-refractivity contribution in [3.05, 3.63) is 0 Å². The van der Waals surface area contributed by atoms with E-state index in [4.69, 9.17) is 5.73 Å². The van der Waals surface area contributed by atoms with Crippen molar-refractivity contribution in [2.75, 3.05) is 33.7 Å². The van der Waals surface area contributed by atoms with Crippen LogP contribution in [-0.4, -0.2) is 63.3 Å². The number of carbonyl (C=O) groups is 1. The Morgan fingerprint density at radius 1 is 1.56 bits per heavy atom. The van der Waals surface area contributed by atoms with E-state index < -0.39 is 10.2 Å². The third-order valence-electron chi connectivity index (χ3n) is 3.03. The highest BCUT2D eigenvalue weighted by molar-refractivity contribution is 7.87. The Morgan fingerprint density at radius 3 is 2.78 bits per heavy atom. The van der Waals surface area contributed by atoms with Gasteiger partial charge in [0.25, 0.3) is 10.2 Å². The summed E-state index contributed by atoms with van der Waals surface area (Å²) >= 11 is 0. The highest BCUT2D eigenvalue weighted by Crippen LogP contribution is 2.11. The number of carbonyl (C=O) groups excluding carboxylic acids is 1. The van der Waals surface area contributed by atoms with E-state index >= 15 is 0 Å². The van der Waals surface area contributed by atoms with Gasteiger partial charge in [-0.15, -0.1) is 0 Å². The zero-order chi connectivity index (χ0) is 13.8. The fourth-order valence-corrected chi connectivity index (χ4v) is 3.01. The van der Waals surface area contributed by atoms with E-state index in [0.29, 0.717) is 38.9 Å². The number of hydrogen-bond donors (Lipinski definition) is 2. The van der Waals surface area contributed by atoms with Crippen LogP contribution >= 0.6 is 0 Å². The van der Waals surface area contributed by atoms with Gasteiger partial charge in [0, 0.05) is 39.6 Å². The third kappa shape index (κ3) is 4.20. The second-order valence-electron chi connectivity index (χ2n) is 4.60. The summed E-state index contributed by atoms with van der Waals surface area (Å²) in [5, 5.41) is 0. The van der Waals surface area contributed by atoms with Crippen molar-refractivity contribution in [3.8, 4) is 0 Å². The number of nitrogens with one attached hydrogen (secondary N) is 1. The van der Waals surface area contributed by atoms with Crippen LogP contribution in [0.25, 0.3) is 0 Å². The molecule has 1 amide bonds. The largest absolute Gasteiger partial charge is 0.344 e. The Balaban J connectivity index is 2.52. The van der Waals surface area contributed by atoms with Crippen molar-refractivity contribution < 1.29 is 13.2 Å². The molecule has 18 heavy (non-hydrogen) atoms. The van der Waals surface area contributed by atoms with Gasteiger partial charge in [-0.05, 0) is 19.4 Å². The molecule has 8 heteroatoms. The molecule has 0 aromatic heterocycles. The molecule has 0 spiro atoms. The molecular formula is C10H22N4O3S. The molecule has 1 aliphatic heterocycles. The van der Waals surface area contributed by atoms with Crippen LogP contribution in [-0.2, 0) is 15.0 Å². The van der Waals surface area contributed by atoms with E-state index in [1.54, 1.807) is 11.9 Å². The lowest BCUT2D eigenvalue weighted by molar-refractivity contribution is -0.132. The van der Waals surface area contributed by atoms with E-state index in [1.807, 2.05) is 0 Å². The molecule has 0 bridgehead atoms. The molecule has 1 fully saturated rings. The quantitative estimate of drug-likeness (QED) is 0.633. The van der Waals surface area contributed by atoms with Crippen molar-refractivity contribution in [3.63, 3.8) is 0 Å². The number of amides is 1. The summed E-state index contributed by atoms with van der Waals surface area (Å²) in [7, 11) is -0.278. The Morgan fingerprint density at radius 2 is 2.22 bits per heavy atom. The van der Waals surface area contributed by atoms with Crippen molar-refractivity contribution in [1.82, 2.24) is 13.9 Å². The van der Waals surface area contributed by atoms with E-state index in [1.165, 1.54) is 11.4 Å². The number of likely N-dealkylation sites (N-methyl/N-ethyl adjacent to an activating group) is 1. The number of piperidine rings is 1. The zero-order valence-corrected chi connectivity index (χ0v) is 11.7. The Labute approximate surface area is 108 Å². The summed E-state index contributed by atoms with van der Waals surface area (Å²) in [5.74, 6) is 0.0573. The molecular weight excluding hydrogens is 256 g/mol. The molecule has 0 aliphatic carbocycles. The third-order valence-corrected chi connectivity index (χ3v) is 4.66. The molecule has 106 valence electrons. The van der Waals surface area contributed by atoms with Crippen LogP contribution in [0.1, 0.15) is 19.3 Å². The first-order chi connectivity index (χ1) is 8.36. The summed E-state index contributed by atoms with van der Waals surface area (Å²) in [6.45, 7) is 1.27. The number of nitrogens with two attached hydrogens (primary N) is 1. The average molecular weight is 278 g/mol. The standard InChI is InChI=1S/C10H22N4O3S/c1-13-8-9(4-5-10(13)15)12-18(16,17)14(2)7-3-6-11/h9,12H,3-8,11H2,1-2H3. The Kier molecular flexibility index (Phi) is 5.51. The predicted octanol–water partition coefficient (Wildman–Crippen LogP) is -1.28. The van der Waals surface area contributed by atoms with Crippen LogP contribution in [0.15, 0.2) is 0 Å². The molecule has 1 saturated heterocycles. The first-order valence-corrected chi connectivity index (χ1v) is 7.48. The van der Waals surface area contributed by atoms with Gasteiger partial charge in [-0.25, -0.2) is 0 Å². The number of rotatable bonds is 6. The van der Waals surface area contributed by atoms with E-state index in [-0.39, 0.29) is 11.9 Å². The van der Waals surface area contributed by atoms with Crippen molar-refractivity contribution in [1.29, 1.82) is 0 Å². The highest BCUT2D eigenvalue weighted by atomic mass is 32.2. The van der Waals surface area contributed by atoms with Gasteiger partial charge in [0.2, 0.25) is 5.91 Å². The lowest BCUT2D eigenvalue weighted by Crippen LogP contribution is -2.51. The number of nitrogens with zero attached hydrogens (tertiary/aromatic N) is 2. The average Bonchev–Trinajstić information content (AvgIpc) is 2.30. The van der Waals surface area contributed by atoms with Gasteiger partial charge >= 0.3 is 0 Å². The zero-order valence-electron chi connectivity index (χ0n) is 10.9. The summed E-state index contributed by atoms with van der Waals surface area (Å²) in [4.78, 5) is 12.9. The van der Waals surface area contributed by atoms with Gasteiger partial charge in [-0.2, -0.15) is 17.4 Å². The topological polar surface area (TPSA) is 95.7 Å². The van der Waals surface area contributed by atoms with Crippen LogP contribution in [0.4, 0.5) is 0 Å². The van der Waals surface area contributed by atoms with Crippen LogP contribution in [0.3, 0.4) is 0 Å². The minimum Gasteiger partial charge on any atom is -0.344 e. The van der Waals surface area contributed by atoms with Crippen LogP contribution in [0.2, 0.25) is 0 Å². The van der Waals surface area contributed by atoms with Crippen molar-refractivity contribution in [2.45, 2.75) is 25.3 Å². The van der Waals surface area contributed by atoms with Crippen LogP contribution in [0.5, 0.6) is 0 Å². The van der Waals surface area contributed by atoms with Crippen molar-refractivity contribution >= 4 is 16.1 Å². The Bertz CT molecular complexity index is 385. The lowest BCUT2D eigenvalue weighted by atomic mass is 10.1. The minimum atomic E-state index is -3.48. The maximum Gasteiger partial charge on any atom is 0.279 e. The van der Waals surface area contributed by atoms with E-state index in [2.05, 4.69) is 4.72 Å². The maximum absolute atomic E-state index is 12.0. The molecule has 3 N–H and O–H groups in total. The van der Waals surface area contributed by atoms with Crippen molar-refractivity contribution in [2.24, 2.45) is 5.73 Å². The fourth-order valence-electron chi connectivity index (χ4n) is 1.84. The summed E-state index contributed by atoms with van der Waals surface area (Å²) in [5.41, 5.74) is 5.35. The van der Waals surface area contributed by atoms with Gasteiger partial charge in [0.05, 0.1) is 0 Å². The SMILES string of the molecule is CN1CC(NS(=O)(=O)N(C)CCCN)CCC1=O. The molecule has 0 saturated carbocycles. The monoisotopic (exact) mass is 278 g/mol. The molecule has 0 aromatic carbocycles. The lowest BCUT2D eigenvalue weighted by Gasteiger charge is -2.31. The molecule has 1 atom stereocenters. The molecule has 0 radical (unpaired) electrons. The smallest absolute Gasteiger partial charge is 0.279 e. The second-order valence-corrected chi connectivity index (χ2v) is 6.41. The second kappa shape index (κ2) is 6.46. The van der Waals surface area contributed by atoms with Crippen LogP contribution < -0.4 is 10.5 Å². The molecule has 0 aromatic rings.